The van der Waals surface area contributed by atoms with Crippen LogP contribution in [0.1, 0.15) is 58.8 Å². The zero-order valence-corrected chi connectivity index (χ0v) is 10.4. The quantitative estimate of drug-likeness (QED) is 0.589. The van der Waals surface area contributed by atoms with E-state index >= 15 is 0 Å². The highest BCUT2D eigenvalue weighted by Gasteiger charge is 2.14. The van der Waals surface area contributed by atoms with Crippen molar-refractivity contribution in [2.45, 2.75) is 58.8 Å². The maximum absolute atomic E-state index is 9.24. The van der Waals surface area contributed by atoms with Crippen molar-refractivity contribution >= 4 is 0 Å². The number of aliphatic hydroxyl groups is 2. The van der Waals surface area contributed by atoms with Crippen LogP contribution in [0.2, 0.25) is 0 Å². The first-order valence-electron chi connectivity index (χ1n) is 6.50. The van der Waals surface area contributed by atoms with Crippen LogP contribution in [0, 0.1) is 11.8 Å². The van der Waals surface area contributed by atoms with Crippen molar-refractivity contribution in [3.05, 3.63) is 0 Å². The Hall–Kier alpha value is -0.0800. The lowest BCUT2D eigenvalue weighted by atomic mass is 9.88. The second kappa shape index (κ2) is 10.4. The molecule has 0 aromatic carbocycles. The Morgan fingerprint density at radius 2 is 1.20 bits per heavy atom. The molecular weight excluding hydrogens is 188 g/mol. The predicted octanol–water partition coefficient (Wildman–Crippen LogP) is 2.97. The van der Waals surface area contributed by atoms with Gasteiger partial charge in [0.15, 0.2) is 0 Å². The monoisotopic (exact) mass is 216 g/mol. The van der Waals surface area contributed by atoms with Crippen molar-refractivity contribution in [1.82, 2.24) is 0 Å². The van der Waals surface area contributed by atoms with E-state index < -0.39 is 0 Å². The van der Waals surface area contributed by atoms with Crippen LogP contribution >= 0.6 is 0 Å². The van der Waals surface area contributed by atoms with Gasteiger partial charge in [-0.05, 0) is 31.1 Å². The molecule has 92 valence electrons. The van der Waals surface area contributed by atoms with Gasteiger partial charge >= 0.3 is 0 Å². The molecule has 2 nitrogen and oxygen atoms in total. The van der Waals surface area contributed by atoms with Crippen LogP contribution in [0.25, 0.3) is 0 Å². The lowest BCUT2D eigenvalue weighted by Crippen LogP contribution is -2.15. The second-order valence-electron chi connectivity index (χ2n) is 4.62. The summed E-state index contributed by atoms with van der Waals surface area (Å²) < 4.78 is 0. The Kier molecular flexibility index (Phi) is 10.4. The van der Waals surface area contributed by atoms with Crippen LogP contribution in [0.4, 0.5) is 0 Å². The standard InChI is InChI=1S/C13H28O2/c1-3-5-7-12(10-14)9-13(11-15)8-6-4-2/h12-15H,3-11H2,1-2H3. The van der Waals surface area contributed by atoms with E-state index in [0.29, 0.717) is 11.8 Å². The summed E-state index contributed by atoms with van der Waals surface area (Å²) in [5.41, 5.74) is 0. The first kappa shape index (κ1) is 14.9. The Morgan fingerprint density at radius 3 is 1.47 bits per heavy atom. The van der Waals surface area contributed by atoms with Crippen molar-refractivity contribution in [3.8, 4) is 0 Å². The second-order valence-corrected chi connectivity index (χ2v) is 4.62. The van der Waals surface area contributed by atoms with E-state index in [1.165, 1.54) is 25.7 Å². The zero-order valence-electron chi connectivity index (χ0n) is 10.4. The van der Waals surface area contributed by atoms with Crippen molar-refractivity contribution in [2.75, 3.05) is 13.2 Å². The molecule has 0 radical (unpaired) electrons. The van der Waals surface area contributed by atoms with Gasteiger partial charge in [0.2, 0.25) is 0 Å². The van der Waals surface area contributed by atoms with Crippen molar-refractivity contribution in [3.63, 3.8) is 0 Å². The molecule has 0 aromatic heterocycles. The van der Waals surface area contributed by atoms with Gasteiger partial charge in [0.25, 0.3) is 0 Å². The van der Waals surface area contributed by atoms with Crippen LogP contribution in [0.15, 0.2) is 0 Å². The third-order valence-corrected chi connectivity index (χ3v) is 3.11. The molecule has 2 atom stereocenters. The third kappa shape index (κ3) is 7.80. The minimum Gasteiger partial charge on any atom is -0.396 e. The van der Waals surface area contributed by atoms with Crippen molar-refractivity contribution in [2.24, 2.45) is 11.8 Å². The van der Waals surface area contributed by atoms with E-state index in [0.717, 1.165) is 19.3 Å². The van der Waals surface area contributed by atoms with Gasteiger partial charge in [-0.15, -0.1) is 0 Å². The highest BCUT2D eigenvalue weighted by Crippen LogP contribution is 2.21. The molecule has 2 unspecified atom stereocenters. The Bertz CT molecular complexity index is 112. The fraction of sp³-hybridized carbons (Fsp3) is 1.00. The average molecular weight is 216 g/mol. The van der Waals surface area contributed by atoms with Crippen molar-refractivity contribution in [1.29, 1.82) is 0 Å². The van der Waals surface area contributed by atoms with Gasteiger partial charge < -0.3 is 10.2 Å². The number of hydrogen-bond acceptors (Lipinski definition) is 2. The smallest absolute Gasteiger partial charge is 0.0459 e. The molecule has 0 aliphatic carbocycles. The summed E-state index contributed by atoms with van der Waals surface area (Å²) in [4.78, 5) is 0. The lowest BCUT2D eigenvalue weighted by molar-refractivity contribution is 0.148. The number of rotatable bonds is 10. The highest BCUT2D eigenvalue weighted by atomic mass is 16.3. The van der Waals surface area contributed by atoms with E-state index in [1.807, 2.05) is 0 Å². The third-order valence-electron chi connectivity index (χ3n) is 3.11. The Morgan fingerprint density at radius 1 is 0.800 bits per heavy atom. The van der Waals surface area contributed by atoms with Gasteiger partial charge in [0.05, 0.1) is 0 Å². The maximum atomic E-state index is 9.24. The molecule has 2 N–H and O–H groups in total. The van der Waals surface area contributed by atoms with Gasteiger partial charge in [-0.3, -0.25) is 0 Å². The highest BCUT2D eigenvalue weighted by molar-refractivity contribution is 4.65. The van der Waals surface area contributed by atoms with Gasteiger partial charge in [-0.2, -0.15) is 0 Å². The minimum atomic E-state index is 0.280. The fourth-order valence-corrected chi connectivity index (χ4v) is 2.02. The normalized spacial score (nSPS) is 15.2. The molecule has 0 aromatic rings. The molecule has 0 saturated carbocycles. The first-order valence-corrected chi connectivity index (χ1v) is 6.50. The summed E-state index contributed by atoms with van der Waals surface area (Å²) in [6.07, 6.45) is 7.97. The van der Waals surface area contributed by atoms with Gasteiger partial charge in [-0.1, -0.05) is 39.5 Å². The summed E-state index contributed by atoms with van der Waals surface area (Å²) in [5.74, 6) is 0.804. The molecule has 0 amide bonds. The van der Waals surface area contributed by atoms with Crippen LogP contribution in [-0.4, -0.2) is 23.4 Å². The first-order chi connectivity index (χ1) is 7.28. The minimum absolute atomic E-state index is 0.280. The molecule has 0 aliphatic heterocycles. The van der Waals surface area contributed by atoms with E-state index in [1.54, 1.807) is 0 Å². The largest absolute Gasteiger partial charge is 0.396 e. The molecule has 0 spiro atoms. The Labute approximate surface area is 94.7 Å². The van der Waals surface area contributed by atoms with E-state index in [-0.39, 0.29) is 13.2 Å². The van der Waals surface area contributed by atoms with E-state index in [9.17, 15) is 10.2 Å². The molecular formula is C13H28O2. The summed E-state index contributed by atoms with van der Waals surface area (Å²) >= 11 is 0. The molecule has 2 heteroatoms. The van der Waals surface area contributed by atoms with Gasteiger partial charge in [0.1, 0.15) is 0 Å². The van der Waals surface area contributed by atoms with Gasteiger partial charge in [-0.25, -0.2) is 0 Å². The number of hydrogen-bond donors (Lipinski definition) is 2. The topological polar surface area (TPSA) is 40.5 Å². The maximum Gasteiger partial charge on any atom is 0.0459 e. The summed E-state index contributed by atoms with van der Waals surface area (Å²) in [6.45, 7) is 4.91. The summed E-state index contributed by atoms with van der Waals surface area (Å²) in [7, 11) is 0. The van der Waals surface area contributed by atoms with Gasteiger partial charge in [0, 0.05) is 13.2 Å². The van der Waals surface area contributed by atoms with E-state index in [2.05, 4.69) is 13.8 Å². The summed E-state index contributed by atoms with van der Waals surface area (Å²) in [6, 6.07) is 0. The van der Waals surface area contributed by atoms with Crippen LogP contribution in [-0.2, 0) is 0 Å². The predicted molar refractivity (Wildman–Crippen MR) is 64.8 cm³/mol. The molecule has 0 fully saturated rings. The lowest BCUT2D eigenvalue weighted by Gasteiger charge is -2.20. The molecule has 0 saturated heterocycles. The molecule has 15 heavy (non-hydrogen) atoms. The average Bonchev–Trinajstić information content (AvgIpc) is 2.28. The molecule has 0 heterocycles. The SMILES string of the molecule is CCCCC(CO)CC(CO)CCCC. The molecule has 0 bridgehead atoms. The van der Waals surface area contributed by atoms with Crippen LogP contribution < -0.4 is 0 Å². The number of unbranched alkanes of at least 4 members (excludes halogenated alkanes) is 2. The molecule has 0 rings (SSSR count). The van der Waals surface area contributed by atoms with Crippen LogP contribution in [0.3, 0.4) is 0 Å². The Balaban J connectivity index is 3.77. The number of aliphatic hydroxyl groups excluding tert-OH is 2. The molecule has 0 aliphatic rings. The fourth-order valence-electron chi connectivity index (χ4n) is 2.02. The van der Waals surface area contributed by atoms with Crippen LogP contribution in [0.5, 0.6) is 0 Å². The summed E-state index contributed by atoms with van der Waals surface area (Å²) in [5, 5.41) is 18.5. The van der Waals surface area contributed by atoms with Crippen molar-refractivity contribution < 1.29 is 10.2 Å². The zero-order chi connectivity index (χ0) is 11.5. The van der Waals surface area contributed by atoms with E-state index in [4.69, 9.17) is 0 Å².